The van der Waals surface area contributed by atoms with E-state index in [-0.39, 0.29) is 12.3 Å². The van der Waals surface area contributed by atoms with Crippen molar-refractivity contribution in [3.63, 3.8) is 0 Å². The number of hydrogen-bond acceptors (Lipinski definition) is 3. The van der Waals surface area contributed by atoms with Crippen molar-refractivity contribution in [2.75, 3.05) is 0 Å². The Kier molecular flexibility index (Phi) is 6.23. The first-order valence-electron chi connectivity index (χ1n) is 9.72. The summed E-state index contributed by atoms with van der Waals surface area (Å²) in [5.74, 6) is 5.69. The number of carboxylic acids is 1. The lowest BCUT2D eigenvalue weighted by Gasteiger charge is -2.11. The van der Waals surface area contributed by atoms with Crippen LogP contribution in [0.5, 0.6) is 5.75 Å². The molecule has 5 heteroatoms. The van der Waals surface area contributed by atoms with Gasteiger partial charge in [0.1, 0.15) is 12.4 Å². The fourth-order valence-corrected chi connectivity index (χ4v) is 3.55. The van der Waals surface area contributed by atoms with Crippen LogP contribution < -0.4 is 4.74 Å². The van der Waals surface area contributed by atoms with Gasteiger partial charge in [-0.1, -0.05) is 50.1 Å². The van der Waals surface area contributed by atoms with Crippen molar-refractivity contribution >= 4 is 16.9 Å². The van der Waals surface area contributed by atoms with Crippen molar-refractivity contribution < 1.29 is 14.6 Å². The summed E-state index contributed by atoms with van der Waals surface area (Å²) >= 11 is 0. The summed E-state index contributed by atoms with van der Waals surface area (Å²) in [6.07, 6.45) is -0.0122. The van der Waals surface area contributed by atoms with Crippen LogP contribution in [-0.4, -0.2) is 20.9 Å². The third-order valence-corrected chi connectivity index (χ3v) is 4.90. The SMILES string of the molecule is CC#CC(CC(=O)O)c1ccc(OCc2cccc3c(C(C)C)nn(C)c23)cc1. The molecule has 3 rings (SSSR count). The summed E-state index contributed by atoms with van der Waals surface area (Å²) in [6, 6.07) is 13.7. The lowest BCUT2D eigenvalue weighted by Crippen LogP contribution is -2.05. The lowest BCUT2D eigenvalue weighted by atomic mass is 9.96. The number of aromatic nitrogens is 2. The van der Waals surface area contributed by atoms with E-state index in [1.54, 1.807) is 6.92 Å². The topological polar surface area (TPSA) is 64.3 Å². The van der Waals surface area contributed by atoms with Crippen LogP contribution in [0.3, 0.4) is 0 Å². The Morgan fingerprint density at radius 2 is 1.93 bits per heavy atom. The highest BCUT2D eigenvalue weighted by Gasteiger charge is 2.15. The first-order valence-corrected chi connectivity index (χ1v) is 9.72. The smallest absolute Gasteiger partial charge is 0.304 e. The first kappa shape index (κ1) is 20.5. The number of benzene rings is 2. The number of fused-ring (bicyclic) bond motifs is 1. The highest BCUT2D eigenvalue weighted by molar-refractivity contribution is 5.85. The monoisotopic (exact) mass is 390 g/mol. The van der Waals surface area contributed by atoms with Crippen molar-refractivity contribution in [1.29, 1.82) is 0 Å². The van der Waals surface area contributed by atoms with E-state index in [0.29, 0.717) is 12.5 Å². The number of hydrogen-bond donors (Lipinski definition) is 1. The number of para-hydroxylation sites is 1. The van der Waals surface area contributed by atoms with Crippen LogP contribution in [0.1, 0.15) is 55.8 Å². The minimum Gasteiger partial charge on any atom is -0.489 e. The molecule has 5 nitrogen and oxygen atoms in total. The zero-order chi connectivity index (χ0) is 21.0. The molecular formula is C24H26N2O3. The van der Waals surface area contributed by atoms with E-state index in [4.69, 9.17) is 9.84 Å². The molecule has 0 radical (unpaired) electrons. The minimum atomic E-state index is -0.858. The Balaban J connectivity index is 1.78. The fraction of sp³-hybridized carbons (Fsp3) is 0.333. The predicted octanol–water partition coefficient (Wildman–Crippen LogP) is 4.86. The maximum absolute atomic E-state index is 11.1. The first-order chi connectivity index (χ1) is 13.9. The molecule has 0 spiro atoms. The van der Waals surface area contributed by atoms with Gasteiger partial charge in [-0.05, 0) is 30.5 Å². The summed E-state index contributed by atoms with van der Waals surface area (Å²) in [5, 5.41) is 14.9. The second-order valence-electron chi connectivity index (χ2n) is 7.38. The van der Waals surface area contributed by atoms with Crippen LogP contribution in [0, 0.1) is 11.8 Å². The zero-order valence-corrected chi connectivity index (χ0v) is 17.3. The van der Waals surface area contributed by atoms with Crippen molar-refractivity contribution in [2.45, 2.75) is 45.6 Å². The fourth-order valence-electron chi connectivity index (χ4n) is 3.55. The quantitative estimate of drug-likeness (QED) is 0.585. The number of carboxylic acid groups (broad SMARTS) is 1. The summed E-state index contributed by atoms with van der Waals surface area (Å²) in [5.41, 5.74) is 4.14. The molecule has 29 heavy (non-hydrogen) atoms. The van der Waals surface area contributed by atoms with E-state index < -0.39 is 5.97 Å². The van der Waals surface area contributed by atoms with Gasteiger partial charge in [0.15, 0.2) is 0 Å². The third kappa shape index (κ3) is 4.60. The zero-order valence-electron chi connectivity index (χ0n) is 17.3. The molecule has 0 amide bonds. The van der Waals surface area contributed by atoms with Gasteiger partial charge in [0.2, 0.25) is 0 Å². The number of carbonyl (C=O) groups is 1. The van der Waals surface area contributed by atoms with E-state index in [2.05, 4.69) is 42.9 Å². The molecule has 3 aromatic rings. The molecule has 1 heterocycles. The molecule has 0 fully saturated rings. The van der Waals surface area contributed by atoms with Crippen LogP contribution in [-0.2, 0) is 18.4 Å². The van der Waals surface area contributed by atoms with E-state index in [9.17, 15) is 4.79 Å². The summed E-state index contributed by atoms with van der Waals surface area (Å²) in [6.45, 7) is 6.44. The largest absolute Gasteiger partial charge is 0.489 e. The Morgan fingerprint density at radius 3 is 2.55 bits per heavy atom. The van der Waals surface area contributed by atoms with Gasteiger partial charge in [0.05, 0.1) is 23.5 Å². The molecule has 0 aliphatic heterocycles. The second kappa shape index (κ2) is 8.83. The van der Waals surface area contributed by atoms with Gasteiger partial charge in [0, 0.05) is 18.0 Å². The van der Waals surface area contributed by atoms with Gasteiger partial charge in [-0.15, -0.1) is 5.92 Å². The Bertz CT molecular complexity index is 1070. The molecular weight excluding hydrogens is 364 g/mol. The minimum absolute atomic E-state index is 0.0122. The second-order valence-corrected chi connectivity index (χ2v) is 7.38. The summed E-state index contributed by atoms with van der Waals surface area (Å²) < 4.78 is 7.93. The van der Waals surface area contributed by atoms with Crippen molar-refractivity contribution in [3.8, 4) is 17.6 Å². The average molecular weight is 390 g/mol. The summed E-state index contributed by atoms with van der Waals surface area (Å²) in [7, 11) is 1.96. The molecule has 0 aliphatic rings. The normalized spacial score (nSPS) is 11.9. The Labute approximate surface area is 171 Å². The van der Waals surface area contributed by atoms with Gasteiger partial charge in [0.25, 0.3) is 0 Å². The van der Waals surface area contributed by atoms with Gasteiger partial charge < -0.3 is 9.84 Å². The van der Waals surface area contributed by atoms with Crippen LogP contribution in [0.25, 0.3) is 10.9 Å². The maximum atomic E-state index is 11.1. The molecule has 1 unspecified atom stereocenters. The van der Waals surface area contributed by atoms with Crippen LogP contribution >= 0.6 is 0 Å². The standard InChI is InChI=1S/C24H26N2O3/c1-5-7-18(14-22(27)28)17-10-12-20(13-11-17)29-15-19-8-6-9-21-23(16(2)3)25-26(4)24(19)21/h6,8-13,16,18H,14-15H2,1-4H3,(H,27,28). The van der Waals surface area contributed by atoms with Crippen LogP contribution in [0.15, 0.2) is 42.5 Å². The molecule has 0 saturated carbocycles. The van der Waals surface area contributed by atoms with Gasteiger partial charge in [-0.3, -0.25) is 9.48 Å². The van der Waals surface area contributed by atoms with Crippen molar-refractivity contribution in [1.82, 2.24) is 9.78 Å². The number of aliphatic carboxylic acids is 1. The van der Waals surface area contributed by atoms with Crippen LogP contribution in [0.2, 0.25) is 0 Å². The highest BCUT2D eigenvalue weighted by atomic mass is 16.5. The number of ether oxygens (including phenoxy) is 1. The molecule has 0 aliphatic carbocycles. The number of rotatable bonds is 7. The maximum Gasteiger partial charge on any atom is 0.304 e. The molecule has 0 bridgehead atoms. The summed E-state index contributed by atoms with van der Waals surface area (Å²) in [4.78, 5) is 11.1. The van der Waals surface area contributed by atoms with E-state index in [1.807, 2.05) is 42.1 Å². The third-order valence-electron chi connectivity index (χ3n) is 4.90. The van der Waals surface area contributed by atoms with Crippen molar-refractivity contribution in [3.05, 3.63) is 59.3 Å². The predicted molar refractivity (Wildman–Crippen MR) is 114 cm³/mol. The molecule has 0 saturated heterocycles. The molecule has 2 aromatic carbocycles. The van der Waals surface area contributed by atoms with Crippen LogP contribution in [0.4, 0.5) is 0 Å². The Morgan fingerprint density at radius 1 is 1.21 bits per heavy atom. The average Bonchev–Trinajstić information content (AvgIpc) is 3.04. The van der Waals surface area contributed by atoms with Crippen molar-refractivity contribution in [2.24, 2.45) is 7.05 Å². The van der Waals surface area contributed by atoms with Gasteiger partial charge >= 0.3 is 5.97 Å². The van der Waals surface area contributed by atoms with Gasteiger partial charge in [-0.2, -0.15) is 5.10 Å². The highest BCUT2D eigenvalue weighted by Crippen LogP contribution is 2.28. The van der Waals surface area contributed by atoms with E-state index in [1.165, 1.54) is 0 Å². The molecule has 1 aromatic heterocycles. The molecule has 1 N–H and O–H groups in total. The molecule has 1 atom stereocenters. The van der Waals surface area contributed by atoms with E-state index >= 15 is 0 Å². The lowest BCUT2D eigenvalue weighted by molar-refractivity contribution is -0.137. The Hall–Kier alpha value is -3.26. The van der Waals surface area contributed by atoms with Gasteiger partial charge in [-0.25, -0.2) is 0 Å². The molecule has 150 valence electrons. The number of aryl methyl sites for hydroxylation is 1. The number of nitrogens with zero attached hydrogens (tertiary/aromatic N) is 2. The van der Waals surface area contributed by atoms with E-state index in [0.717, 1.165) is 33.5 Å².